The number of hydrogen-bond donors (Lipinski definition) is 0. The van der Waals surface area contributed by atoms with Crippen molar-refractivity contribution in [3.63, 3.8) is 0 Å². The Hall–Kier alpha value is -3.22. The molecule has 0 aliphatic carbocycles. The van der Waals surface area contributed by atoms with Crippen molar-refractivity contribution >= 4 is 23.5 Å². The third-order valence-corrected chi connectivity index (χ3v) is 3.95. The molecule has 2 rings (SSSR count). The fourth-order valence-electron chi connectivity index (χ4n) is 2.35. The number of rotatable bonds is 6. The molecule has 0 amide bonds. The Morgan fingerprint density at radius 1 is 1.28 bits per heavy atom. The number of nitrogens with zero attached hydrogens (tertiary/aromatic N) is 2. The molecule has 0 spiro atoms. The molecule has 7 heteroatoms. The second kappa shape index (κ2) is 7.57. The molecule has 0 N–H and O–H groups in total. The van der Waals surface area contributed by atoms with Crippen LogP contribution >= 0.6 is 0 Å². The predicted octanol–water partition coefficient (Wildman–Crippen LogP) is 2.99. The summed E-state index contributed by atoms with van der Waals surface area (Å²) < 4.78 is 6.81. The van der Waals surface area contributed by atoms with Crippen molar-refractivity contribution in [1.82, 2.24) is 4.57 Å². The van der Waals surface area contributed by atoms with Crippen molar-refractivity contribution in [2.45, 2.75) is 13.8 Å². The largest absolute Gasteiger partial charge is 0.454 e. The van der Waals surface area contributed by atoms with Crippen LogP contribution in [-0.2, 0) is 16.6 Å². The summed E-state index contributed by atoms with van der Waals surface area (Å²) in [5.74, 6) is -1.04. The van der Waals surface area contributed by atoms with Gasteiger partial charge in [-0.25, -0.2) is 4.79 Å². The summed E-state index contributed by atoms with van der Waals surface area (Å²) in [7, 11) is 1.85. The number of ether oxygens (including phenoxy) is 1. The fraction of sp³-hybridized carbons (Fsp3) is 0.222. The molecule has 0 radical (unpaired) electrons. The molecule has 1 aromatic heterocycles. The van der Waals surface area contributed by atoms with Crippen LogP contribution in [0.3, 0.4) is 0 Å². The molecule has 7 nitrogen and oxygen atoms in total. The number of ketones is 1. The minimum atomic E-state index is -0.739. The molecule has 130 valence electrons. The molecule has 0 unspecified atom stereocenters. The van der Waals surface area contributed by atoms with Crippen molar-refractivity contribution in [2.24, 2.45) is 7.05 Å². The lowest BCUT2D eigenvalue weighted by molar-refractivity contribution is -0.385. The van der Waals surface area contributed by atoms with Gasteiger partial charge in [0.2, 0.25) is 5.78 Å². The van der Waals surface area contributed by atoms with Gasteiger partial charge in [-0.05, 0) is 32.1 Å². The quantitative estimate of drug-likeness (QED) is 0.265. The van der Waals surface area contributed by atoms with Gasteiger partial charge in [0.05, 0.1) is 10.5 Å². The van der Waals surface area contributed by atoms with Crippen LogP contribution in [-0.4, -0.2) is 27.8 Å². The number of para-hydroxylation sites is 1. The first kappa shape index (κ1) is 18.1. The third-order valence-electron chi connectivity index (χ3n) is 3.95. The van der Waals surface area contributed by atoms with Crippen LogP contribution in [0.15, 0.2) is 36.4 Å². The SMILES string of the molecule is Cc1cc(C(=O)COC(=O)C=Cc2ccccc2[N+](=O)[O-])c(C)n1C. The number of Topliss-reactive ketones (excluding diaryl/α,β-unsaturated/α-hetero) is 1. The molecule has 1 aromatic carbocycles. The number of carbonyl (C=O) groups excluding carboxylic acids is 2. The number of aryl methyl sites for hydroxylation is 1. The van der Waals surface area contributed by atoms with E-state index >= 15 is 0 Å². The Morgan fingerprint density at radius 2 is 1.96 bits per heavy atom. The lowest BCUT2D eigenvalue weighted by Gasteiger charge is -2.03. The summed E-state index contributed by atoms with van der Waals surface area (Å²) in [6.45, 7) is 3.31. The summed E-state index contributed by atoms with van der Waals surface area (Å²) in [6, 6.07) is 7.77. The number of hydrogen-bond acceptors (Lipinski definition) is 5. The Labute approximate surface area is 144 Å². The molecule has 2 aromatic rings. The summed E-state index contributed by atoms with van der Waals surface area (Å²) in [5, 5.41) is 10.9. The molecular weight excluding hydrogens is 324 g/mol. The van der Waals surface area contributed by atoms with Crippen LogP contribution in [0.5, 0.6) is 0 Å². The fourth-order valence-corrected chi connectivity index (χ4v) is 2.35. The molecule has 0 fully saturated rings. The maximum Gasteiger partial charge on any atom is 0.331 e. The van der Waals surface area contributed by atoms with Crippen molar-refractivity contribution < 1.29 is 19.2 Å². The van der Waals surface area contributed by atoms with Crippen molar-refractivity contribution in [2.75, 3.05) is 6.61 Å². The first-order valence-corrected chi connectivity index (χ1v) is 7.55. The van der Waals surface area contributed by atoms with E-state index in [4.69, 9.17) is 4.74 Å². The Kier molecular flexibility index (Phi) is 5.49. The van der Waals surface area contributed by atoms with Crippen LogP contribution in [0.4, 0.5) is 5.69 Å². The van der Waals surface area contributed by atoms with Gasteiger partial charge < -0.3 is 9.30 Å². The second-order valence-corrected chi connectivity index (χ2v) is 5.52. The van der Waals surface area contributed by atoms with Gasteiger partial charge in [0.15, 0.2) is 6.61 Å². The number of aromatic nitrogens is 1. The van der Waals surface area contributed by atoms with Gasteiger partial charge in [0.25, 0.3) is 5.69 Å². The number of benzene rings is 1. The maximum absolute atomic E-state index is 12.1. The molecule has 0 saturated carbocycles. The lowest BCUT2D eigenvalue weighted by atomic mass is 10.1. The topological polar surface area (TPSA) is 91.4 Å². The smallest absolute Gasteiger partial charge is 0.331 e. The zero-order valence-electron chi connectivity index (χ0n) is 14.2. The van der Waals surface area contributed by atoms with E-state index in [0.29, 0.717) is 5.56 Å². The monoisotopic (exact) mass is 342 g/mol. The molecule has 0 atom stereocenters. The molecular formula is C18H18N2O5. The van der Waals surface area contributed by atoms with E-state index in [-0.39, 0.29) is 23.6 Å². The summed E-state index contributed by atoms with van der Waals surface area (Å²) >= 11 is 0. The predicted molar refractivity (Wildman–Crippen MR) is 92.3 cm³/mol. The van der Waals surface area contributed by atoms with Crippen molar-refractivity contribution in [1.29, 1.82) is 0 Å². The van der Waals surface area contributed by atoms with Crippen LogP contribution < -0.4 is 0 Å². The normalized spacial score (nSPS) is 10.8. The number of nitro benzene ring substituents is 1. The molecule has 0 saturated heterocycles. The minimum Gasteiger partial charge on any atom is -0.454 e. The van der Waals surface area contributed by atoms with E-state index in [9.17, 15) is 19.7 Å². The average Bonchev–Trinajstić information content (AvgIpc) is 2.85. The standard InChI is InChI=1S/C18H18N2O5/c1-12-10-15(13(2)19(12)3)17(21)11-25-18(22)9-8-14-6-4-5-7-16(14)20(23)24/h4-10H,11H2,1-3H3. The minimum absolute atomic E-state index is 0.113. The highest BCUT2D eigenvalue weighted by molar-refractivity contribution is 6.00. The van der Waals surface area contributed by atoms with Gasteiger partial charge in [0.1, 0.15) is 0 Å². The molecule has 0 bridgehead atoms. The van der Waals surface area contributed by atoms with Gasteiger partial charge in [0, 0.05) is 36.1 Å². The summed E-state index contributed by atoms with van der Waals surface area (Å²) in [5.41, 5.74) is 2.41. The Balaban J connectivity index is 2.00. The van der Waals surface area contributed by atoms with E-state index < -0.39 is 10.9 Å². The first-order valence-electron chi connectivity index (χ1n) is 7.55. The second-order valence-electron chi connectivity index (χ2n) is 5.52. The van der Waals surface area contributed by atoms with Gasteiger partial charge in [-0.15, -0.1) is 0 Å². The summed E-state index contributed by atoms with van der Waals surface area (Å²) in [4.78, 5) is 34.3. The van der Waals surface area contributed by atoms with Crippen molar-refractivity contribution in [3.8, 4) is 0 Å². The lowest BCUT2D eigenvalue weighted by Crippen LogP contribution is -2.13. The zero-order chi connectivity index (χ0) is 18.6. The van der Waals surface area contributed by atoms with E-state index in [2.05, 4.69) is 0 Å². The summed E-state index contributed by atoms with van der Waals surface area (Å²) in [6.07, 6.45) is 2.36. The molecule has 25 heavy (non-hydrogen) atoms. The Bertz CT molecular complexity index is 864. The van der Waals surface area contributed by atoms with E-state index in [0.717, 1.165) is 17.5 Å². The van der Waals surface area contributed by atoms with Crippen LogP contribution in [0.25, 0.3) is 6.08 Å². The van der Waals surface area contributed by atoms with E-state index in [1.54, 1.807) is 12.1 Å². The molecule has 1 heterocycles. The zero-order valence-corrected chi connectivity index (χ0v) is 14.2. The van der Waals surface area contributed by atoms with E-state index in [1.807, 2.05) is 25.5 Å². The van der Waals surface area contributed by atoms with Crippen molar-refractivity contribution in [3.05, 3.63) is 69.0 Å². The highest BCUT2D eigenvalue weighted by Gasteiger charge is 2.15. The number of nitro groups is 1. The van der Waals surface area contributed by atoms with Crippen LogP contribution in [0.1, 0.15) is 27.3 Å². The molecule has 0 aliphatic heterocycles. The van der Waals surface area contributed by atoms with Gasteiger partial charge in [-0.3, -0.25) is 14.9 Å². The van der Waals surface area contributed by atoms with Gasteiger partial charge >= 0.3 is 5.97 Å². The average molecular weight is 342 g/mol. The number of carbonyl (C=O) groups is 2. The van der Waals surface area contributed by atoms with Crippen LogP contribution in [0.2, 0.25) is 0 Å². The maximum atomic E-state index is 12.1. The molecule has 0 aliphatic rings. The third kappa shape index (κ3) is 4.20. The first-order chi connectivity index (χ1) is 11.8. The highest BCUT2D eigenvalue weighted by atomic mass is 16.6. The van der Waals surface area contributed by atoms with Gasteiger partial charge in [-0.1, -0.05) is 12.1 Å². The highest BCUT2D eigenvalue weighted by Crippen LogP contribution is 2.19. The van der Waals surface area contributed by atoms with Crippen LogP contribution in [0, 0.1) is 24.0 Å². The number of esters is 1. The van der Waals surface area contributed by atoms with Gasteiger partial charge in [-0.2, -0.15) is 0 Å². The Morgan fingerprint density at radius 3 is 2.56 bits per heavy atom. The van der Waals surface area contributed by atoms with E-state index in [1.165, 1.54) is 24.3 Å².